The molecule has 2 N–H and O–H groups in total. The van der Waals surface area contributed by atoms with Gasteiger partial charge in [0, 0.05) is 39.8 Å². The fraction of sp³-hybridized carbons (Fsp3) is 0.923. The van der Waals surface area contributed by atoms with Crippen molar-refractivity contribution in [2.75, 3.05) is 51.3 Å². The minimum Gasteiger partial charge on any atom is -0.356 e. The summed E-state index contributed by atoms with van der Waals surface area (Å²) in [7, 11) is -1.02. The van der Waals surface area contributed by atoms with Crippen LogP contribution < -0.4 is 10.6 Å². The first-order chi connectivity index (χ1) is 9.43. The van der Waals surface area contributed by atoms with Crippen molar-refractivity contribution in [2.24, 2.45) is 10.9 Å². The van der Waals surface area contributed by atoms with E-state index in [1.807, 2.05) is 0 Å². The average molecular weight is 432 g/mol. The Kier molecular flexibility index (Phi) is 10.6. The Morgan fingerprint density at radius 3 is 2.29 bits per heavy atom. The summed E-state index contributed by atoms with van der Waals surface area (Å²) in [5, 5.41) is 6.54. The normalized spacial score (nSPS) is 19.1. The maximum atomic E-state index is 11.3. The van der Waals surface area contributed by atoms with E-state index in [1.54, 1.807) is 7.05 Å². The molecule has 0 atom stereocenters. The van der Waals surface area contributed by atoms with Crippen molar-refractivity contribution in [1.29, 1.82) is 0 Å². The summed E-state index contributed by atoms with van der Waals surface area (Å²) >= 11 is 0. The molecule has 1 saturated heterocycles. The summed E-state index contributed by atoms with van der Waals surface area (Å²) in [6.45, 7) is 8.22. The van der Waals surface area contributed by atoms with Gasteiger partial charge in [0.05, 0.1) is 11.5 Å². The number of nitrogens with zero attached hydrogens (tertiary/aromatic N) is 2. The molecule has 0 aliphatic carbocycles. The van der Waals surface area contributed by atoms with Crippen LogP contribution in [-0.2, 0) is 9.84 Å². The number of nitrogens with one attached hydrogen (secondary N) is 2. The minimum atomic E-state index is -2.78. The van der Waals surface area contributed by atoms with Crippen LogP contribution in [0.5, 0.6) is 0 Å². The molecule has 0 radical (unpaired) electrons. The van der Waals surface area contributed by atoms with Gasteiger partial charge in [-0.2, -0.15) is 0 Å². The van der Waals surface area contributed by atoms with Crippen molar-refractivity contribution in [1.82, 2.24) is 15.5 Å². The van der Waals surface area contributed by atoms with Crippen LogP contribution in [0, 0.1) is 5.92 Å². The van der Waals surface area contributed by atoms with E-state index in [2.05, 4.69) is 34.4 Å². The molecule has 1 heterocycles. The van der Waals surface area contributed by atoms with E-state index in [0.717, 1.165) is 32.0 Å². The molecular weight excluding hydrogens is 403 g/mol. The van der Waals surface area contributed by atoms with E-state index in [9.17, 15) is 8.42 Å². The van der Waals surface area contributed by atoms with Crippen molar-refractivity contribution in [3.8, 4) is 0 Å². The summed E-state index contributed by atoms with van der Waals surface area (Å²) in [5.41, 5.74) is 0. The molecule has 0 unspecified atom stereocenters. The van der Waals surface area contributed by atoms with E-state index in [4.69, 9.17) is 0 Å². The number of hydrogen-bond acceptors (Lipinski definition) is 4. The minimum absolute atomic E-state index is 0. The molecule has 1 aliphatic heterocycles. The van der Waals surface area contributed by atoms with E-state index < -0.39 is 9.84 Å². The number of halogens is 1. The van der Waals surface area contributed by atoms with Crippen LogP contribution in [0.3, 0.4) is 0 Å². The van der Waals surface area contributed by atoms with E-state index in [0.29, 0.717) is 19.0 Å². The van der Waals surface area contributed by atoms with Crippen LogP contribution in [-0.4, -0.2) is 70.6 Å². The van der Waals surface area contributed by atoms with Crippen LogP contribution in [0.1, 0.15) is 20.3 Å². The number of sulfone groups is 1. The number of aliphatic imine (C=N–C) groups is 1. The third-order valence-corrected chi connectivity index (χ3v) is 5.00. The lowest BCUT2D eigenvalue weighted by molar-refractivity contribution is 0.299. The Hall–Kier alpha value is -0.0900. The molecule has 0 spiro atoms. The standard InChI is InChI=1S/C13H28N4O2S.HI/c1-12(2)4-5-15-13(14-3)16-6-7-17-8-10-20(18,19)11-9-17;/h12H,4-11H2,1-3H3,(H2,14,15,16);1H. The number of hydrogen-bond donors (Lipinski definition) is 2. The maximum Gasteiger partial charge on any atom is 0.191 e. The molecular formula is C13H29IN4O2S. The Labute approximate surface area is 146 Å². The summed E-state index contributed by atoms with van der Waals surface area (Å²) in [5.74, 6) is 2.06. The molecule has 0 bridgehead atoms. The summed E-state index contributed by atoms with van der Waals surface area (Å²) < 4.78 is 22.7. The first-order valence-corrected chi connectivity index (χ1v) is 9.12. The van der Waals surface area contributed by atoms with Gasteiger partial charge in [0.2, 0.25) is 0 Å². The van der Waals surface area contributed by atoms with E-state index in [-0.39, 0.29) is 35.5 Å². The molecule has 8 heteroatoms. The van der Waals surface area contributed by atoms with Gasteiger partial charge in [0.25, 0.3) is 0 Å². The van der Waals surface area contributed by atoms with Crippen LogP contribution in [0.25, 0.3) is 0 Å². The number of guanidine groups is 1. The van der Waals surface area contributed by atoms with Gasteiger partial charge in [0.15, 0.2) is 15.8 Å². The Morgan fingerprint density at radius 1 is 1.19 bits per heavy atom. The zero-order chi connectivity index (χ0) is 15.0. The highest BCUT2D eigenvalue weighted by Gasteiger charge is 2.20. The molecule has 0 aromatic rings. The Morgan fingerprint density at radius 2 is 1.76 bits per heavy atom. The van der Waals surface area contributed by atoms with Gasteiger partial charge < -0.3 is 10.6 Å². The fourth-order valence-electron chi connectivity index (χ4n) is 2.01. The zero-order valence-corrected chi connectivity index (χ0v) is 16.4. The van der Waals surface area contributed by atoms with E-state index in [1.165, 1.54) is 0 Å². The van der Waals surface area contributed by atoms with Gasteiger partial charge in [-0.05, 0) is 12.3 Å². The first kappa shape index (κ1) is 20.9. The molecule has 1 rings (SSSR count). The quantitative estimate of drug-likeness (QED) is 0.364. The third kappa shape index (κ3) is 9.51. The lowest BCUT2D eigenvalue weighted by atomic mass is 10.1. The first-order valence-electron chi connectivity index (χ1n) is 7.30. The van der Waals surface area contributed by atoms with Crippen molar-refractivity contribution in [3.05, 3.63) is 0 Å². The van der Waals surface area contributed by atoms with Gasteiger partial charge in [-0.25, -0.2) is 8.42 Å². The molecule has 0 aromatic carbocycles. The van der Waals surface area contributed by atoms with Crippen LogP contribution >= 0.6 is 24.0 Å². The van der Waals surface area contributed by atoms with Crippen molar-refractivity contribution in [2.45, 2.75) is 20.3 Å². The number of rotatable bonds is 6. The Bertz CT molecular complexity index is 398. The summed E-state index contributed by atoms with van der Waals surface area (Å²) in [6.07, 6.45) is 1.12. The van der Waals surface area contributed by atoms with Crippen molar-refractivity contribution >= 4 is 39.8 Å². The average Bonchev–Trinajstić information content (AvgIpc) is 2.38. The largest absolute Gasteiger partial charge is 0.356 e. The zero-order valence-electron chi connectivity index (χ0n) is 13.3. The summed E-state index contributed by atoms with van der Waals surface area (Å²) in [6, 6.07) is 0. The van der Waals surface area contributed by atoms with Gasteiger partial charge in [-0.1, -0.05) is 13.8 Å². The van der Waals surface area contributed by atoms with Crippen LogP contribution in [0.15, 0.2) is 4.99 Å². The molecule has 126 valence electrons. The summed E-state index contributed by atoms with van der Waals surface area (Å²) in [4.78, 5) is 6.35. The van der Waals surface area contributed by atoms with E-state index >= 15 is 0 Å². The molecule has 0 amide bonds. The molecule has 0 aromatic heterocycles. The predicted molar refractivity (Wildman–Crippen MR) is 99.3 cm³/mol. The second-order valence-corrected chi connectivity index (χ2v) is 7.91. The molecule has 0 saturated carbocycles. The lowest BCUT2D eigenvalue weighted by Gasteiger charge is -2.26. The van der Waals surface area contributed by atoms with Gasteiger partial charge in [0.1, 0.15) is 0 Å². The molecule has 1 fully saturated rings. The van der Waals surface area contributed by atoms with Gasteiger partial charge >= 0.3 is 0 Å². The molecule has 6 nitrogen and oxygen atoms in total. The van der Waals surface area contributed by atoms with Crippen LogP contribution in [0.4, 0.5) is 0 Å². The molecule has 21 heavy (non-hydrogen) atoms. The smallest absolute Gasteiger partial charge is 0.191 e. The highest BCUT2D eigenvalue weighted by molar-refractivity contribution is 14.0. The predicted octanol–water partition coefficient (Wildman–Crippen LogP) is 0.546. The SMILES string of the molecule is CN=C(NCCC(C)C)NCCN1CCS(=O)(=O)CC1.I. The second kappa shape index (κ2) is 10.6. The maximum absolute atomic E-state index is 11.3. The lowest BCUT2D eigenvalue weighted by Crippen LogP contribution is -2.46. The Balaban J connectivity index is 0.00000400. The van der Waals surface area contributed by atoms with Crippen molar-refractivity contribution < 1.29 is 8.42 Å². The fourth-order valence-corrected chi connectivity index (χ4v) is 3.28. The monoisotopic (exact) mass is 432 g/mol. The van der Waals surface area contributed by atoms with Gasteiger partial charge in [-0.15, -0.1) is 24.0 Å². The second-order valence-electron chi connectivity index (χ2n) is 5.60. The molecule has 1 aliphatic rings. The van der Waals surface area contributed by atoms with Crippen LogP contribution in [0.2, 0.25) is 0 Å². The topological polar surface area (TPSA) is 73.8 Å². The third-order valence-electron chi connectivity index (χ3n) is 3.40. The van der Waals surface area contributed by atoms with Crippen molar-refractivity contribution in [3.63, 3.8) is 0 Å². The van der Waals surface area contributed by atoms with Gasteiger partial charge in [-0.3, -0.25) is 9.89 Å². The highest BCUT2D eigenvalue weighted by Crippen LogP contribution is 2.02. The highest BCUT2D eigenvalue weighted by atomic mass is 127.